The second-order valence-electron chi connectivity index (χ2n) is 5.39. The van der Waals surface area contributed by atoms with E-state index < -0.39 is 4.92 Å². The van der Waals surface area contributed by atoms with Crippen LogP contribution in [0.4, 0.5) is 0 Å². The van der Waals surface area contributed by atoms with Crippen molar-refractivity contribution in [1.82, 2.24) is 10.2 Å². The number of nitro groups is 1. The van der Waals surface area contributed by atoms with E-state index in [4.69, 9.17) is 10.8 Å². The van der Waals surface area contributed by atoms with E-state index in [9.17, 15) is 10.1 Å². The summed E-state index contributed by atoms with van der Waals surface area (Å²) in [4.78, 5) is 16.4. The molecule has 0 radical (unpaired) electrons. The molecule has 24 heavy (non-hydrogen) atoms. The Labute approximate surface area is 147 Å². The summed E-state index contributed by atoms with van der Waals surface area (Å²) in [7, 11) is 4.01. The van der Waals surface area contributed by atoms with Crippen molar-refractivity contribution in [1.29, 1.82) is 0 Å². The molecule has 1 heterocycles. The standard InChI is InChI=1S/C16H24N4O3S/c1-4-8-17-16(12-20(21)22)18-9-5-10-24-13-15-7-6-14(23-15)11-19(2)3/h1,6-7H,5,8-13H2,2-3H3,(H,17,18). The molecule has 0 aliphatic rings. The van der Waals surface area contributed by atoms with Crippen molar-refractivity contribution in [3.05, 3.63) is 33.8 Å². The molecule has 1 N–H and O–H groups in total. The summed E-state index contributed by atoms with van der Waals surface area (Å²) in [5.74, 6) is 6.37. The zero-order chi connectivity index (χ0) is 17.8. The van der Waals surface area contributed by atoms with Crippen molar-refractivity contribution in [2.45, 2.75) is 18.7 Å². The number of aliphatic imine (C=N–C) groups is 1. The van der Waals surface area contributed by atoms with Crippen molar-refractivity contribution in [2.75, 3.05) is 39.5 Å². The summed E-state index contributed by atoms with van der Waals surface area (Å²) in [6.45, 7) is 1.26. The van der Waals surface area contributed by atoms with E-state index in [1.165, 1.54) is 0 Å². The normalized spacial score (nSPS) is 11.5. The fraction of sp³-hybridized carbons (Fsp3) is 0.562. The molecule has 0 spiro atoms. The van der Waals surface area contributed by atoms with E-state index in [1.54, 1.807) is 11.8 Å². The van der Waals surface area contributed by atoms with Crippen LogP contribution in [0.5, 0.6) is 0 Å². The fourth-order valence-corrected chi connectivity index (χ4v) is 2.72. The van der Waals surface area contributed by atoms with Crippen LogP contribution in [0.2, 0.25) is 0 Å². The Bertz CT molecular complexity index is 578. The molecule has 0 saturated heterocycles. The summed E-state index contributed by atoms with van der Waals surface area (Å²) >= 11 is 1.76. The van der Waals surface area contributed by atoms with E-state index in [0.717, 1.165) is 36.0 Å². The number of hydrogen-bond donors (Lipinski definition) is 1. The van der Waals surface area contributed by atoms with Gasteiger partial charge in [-0.3, -0.25) is 15.1 Å². The largest absolute Gasteiger partial charge is 0.464 e. The van der Waals surface area contributed by atoms with Crippen molar-refractivity contribution >= 4 is 17.6 Å². The third kappa shape index (κ3) is 9.22. The van der Waals surface area contributed by atoms with Crippen LogP contribution in [0.25, 0.3) is 0 Å². The summed E-state index contributed by atoms with van der Waals surface area (Å²) in [6.07, 6.45) is 5.98. The van der Waals surface area contributed by atoms with E-state index in [1.807, 2.05) is 26.2 Å². The van der Waals surface area contributed by atoms with Crippen LogP contribution in [0.3, 0.4) is 0 Å². The summed E-state index contributed by atoms with van der Waals surface area (Å²) < 4.78 is 5.73. The van der Waals surface area contributed by atoms with Gasteiger partial charge in [0.15, 0.2) is 5.84 Å². The highest BCUT2D eigenvalue weighted by Gasteiger charge is 2.06. The number of thioether (sulfide) groups is 1. The van der Waals surface area contributed by atoms with Gasteiger partial charge in [0, 0.05) is 11.5 Å². The number of rotatable bonds is 11. The Balaban J connectivity index is 2.24. The van der Waals surface area contributed by atoms with Gasteiger partial charge in [-0.25, -0.2) is 0 Å². The Morgan fingerprint density at radius 3 is 2.92 bits per heavy atom. The molecule has 0 atom stereocenters. The lowest BCUT2D eigenvalue weighted by molar-refractivity contribution is -0.463. The van der Waals surface area contributed by atoms with Gasteiger partial charge in [0.25, 0.3) is 6.54 Å². The third-order valence-electron chi connectivity index (χ3n) is 2.86. The van der Waals surface area contributed by atoms with Gasteiger partial charge in [0.2, 0.25) is 0 Å². The molecule has 1 rings (SSSR count). The molecule has 0 aliphatic carbocycles. The third-order valence-corrected chi connectivity index (χ3v) is 3.92. The van der Waals surface area contributed by atoms with Gasteiger partial charge < -0.3 is 14.6 Å². The van der Waals surface area contributed by atoms with Gasteiger partial charge >= 0.3 is 0 Å². The maximum atomic E-state index is 10.5. The maximum absolute atomic E-state index is 10.5. The maximum Gasteiger partial charge on any atom is 0.259 e. The van der Waals surface area contributed by atoms with Crippen LogP contribution >= 0.6 is 11.8 Å². The molecule has 0 aromatic carbocycles. The Morgan fingerprint density at radius 2 is 2.25 bits per heavy atom. The minimum absolute atomic E-state index is 0.245. The first-order valence-corrected chi connectivity index (χ1v) is 8.79. The van der Waals surface area contributed by atoms with Crippen molar-refractivity contribution in [3.63, 3.8) is 0 Å². The number of terminal acetylenes is 1. The van der Waals surface area contributed by atoms with Crippen LogP contribution in [0, 0.1) is 22.5 Å². The lowest BCUT2D eigenvalue weighted by Crippen LogP contribution is -2.30. The van der Waals surface area contributed by atoms with Gasteiger partial charge in [0.1, 0.15) is 11.5 Å². The monoisotopic (exact) mass is 352 g/mol. The average molecular weight is 352 g/mol. The lowest BCUT2D eigenvalue weighted by atomic mass is 10.4. The molecule has 0 aliphatic heterocycles. The highest BCUT2D eigenvalue weighted by Crippen LogP contribution is 2.16. The predicted octanol–water partition coefficient (Wildman–Crippen LogP) is 1.86. The van der Waals surface area contributed by atoms with E-state index in [2.05, 4.69) is 21.1 Å². The first-order chi connectivity index (χ1) is 11.5. The number of furan rings is 1. The predicted molar refractivity (Wildman–Crippen MR) is 97.9 cm³/mol. The van der Waals surface area contributed by atoms with Crippen molar-refractivity contribution < 1.29 is 9.34 Å². The highest BCUT2D eigenvalue weighted by molar-refractivity contribution is 7.98. The smallest absolute Gasteiger partial charge is 0.259 e. The highest BCUT2D eigenvalue weighted by atomic mass is 32.2. The lowest BCUT2D eigenvalue weighted by Gasteiger charge is -2.05. The first-order valence-electron chi connectivity index (χ1n) is 7.63. The van der Waals surface area contributed by atoms with Crippen LogP contribution in [-0.2, 0) is 12.3 Å². The Hall–Kier alpha value is -1.98. The number of amidine groups is 1. The average Bonchev–Trinajstić information content (AvgIpc) is 2.94. The molecule has 132 valence electrons. The van der Waals surface area contributed by atoms with Gasteiger partial charge in [-0.2, -0.15) is 11.8 Å². The van der Waals surface area contributed by atoms with E-state index in [0.29, 0.717) is 12.4 Å². The molecule has 0 unspecified atom stereocenters. The molecule has 1 aromatic rings. The molecule has 7 nitrogen and oxygen atoms in total. The molecule has 0 amide bonds. The quantitative estimate of drug-likeness (QED) is 0.163. The SMILES string of the molecule is C#CCNC(C[N+](=O)[O-])=NCCCSCc1ccc(CN(C)C)o1. The van der Waals surface area contributed by atoms with E-state index >= 15 is 0 Å². The molecular weight excluding hydrogens is 328 g/mol. The second kappa shape index (κ2) is 11.5. The molecule has 0 fully saturated rings. The number of nitrogens with zero attached hydrogens (tertiary/aromatic N) is 3. The summed E-state index contributed by atoms with van der Waals surface area (Å²) in [5.41, 5.74) is 0. The zero-order valence-corrected chi connectivity index (χ0v) is 15.0. The van der Waals surface area contributed by atoms with Crippen molar-refractivity contribution in [3.8, 4) is 12.3 Å². The second-order valence-corrected chi connectivity index (χ2v) is 6.49. The fourth-order valence-electron chi connectivity index (χ4n) is 1.89. The first kappa shape index (κ1) is 20.1. The minimum atomic E-state index is -0.417. The van der Waals surface area contributed by atoms with Gasteiger partial charge in [0.05, 0.1) is 18.8 Å². The minimum Gasteiger partial charge on any atom is -0.464 e. The molecule has 1 aromatic heterocycles. The van der Waals surface area contributed by atoms with Crippen molar-refractivity contribution in [2.24, 2.45) is 4.99 Å². The van der Waals surface area contributed by atoms with Gasteiger partial charge in [-0.1, -0.05) is 5.92 Å². The number of nitrogens with one attached hydrogen (secondary N) is 1. The van der Waals surface area contributed by atoms with Gasteiger partial charge in [-0.15, -0.1) is 6.42 Å². The zero-order valence-electron chi connectivity index (χ0n) is 14.2. The Kier molecular flexibility index (Phi) is 9.65. The van der Waals surface area contributed by atoms with Gasteiger partial charge in [-0.05, 0) is 38.4 Å². The van der Waals surface area contributed by atoms with Crippen LogP contribution in [0.1, 0.15) is 17.9 Å². The Morgan fingerprint density at radius 1 is 1.50 bits per heavy atom. The van der Waals surface area contributed by atoms with Crippen LogP contribution in [-0.4, -0.2) is 55.1 Å². The molecule has 0 bridgehead atoms. The molecule has 8 heteroatoms. The molecule has 0 saturated carbocycles. The van der Waals surface area contributed by atoms with E-state index in [-0.39, 0.29) is 13.1 Å². The summed E-state index contributed by atoms with van der Waals surface area (Å²) in [6, 6.07) is 4.00. The molecular formula is C16H24N4O3S. The van der Waals surface area contributed by atoms with Crippen LogP contribution in [0.15, 0.2) is 21.5 Å². The topological polar surface area (TPSA) is 83.9 Å². The number of hydrogen-bond acceptors (Lipinski definition) is 6. The van der Waals surface area contributed by atoms with Crippen LogP contribution < -0.4 is 5.32 Å². The summed E-state index contributed by atoms with van der Waals surface area (Å²) in [5, 5.41) is 13.3.